The summed E-state index contributed by atoms with van der Waals surface area (Å²) in [4.78, 5) is 65.9. The minimum absolute atomic E-state index is 0.000983. The summed E-state index contributed by atoms with van der Waals surface area (Å²) in [5, 5.41) is 18.1. The number of nitrogens with two attached hydrogens (primary N) is 1. The highest BCUT2D eigenvalue weighted by molar-refractivity contribution is 7.48. The van der Waals surface area contributed by atoms with E-state index in [0.717, 1.165) is 43.2 Å². The zero-order valence-electron chi connectivity index (χ0n) is 42.9. The van der Waals surface area contributed by atoms with Crippen molar-refractivity contribution in [3.8, 4) is 0 Å². The molecular formula is C53H76N3O13P. The molecule has 1 aliphatic heterocycles. The van der Waals surface area contributed by atoms with Gasteiger partial charge in [0.15, 0.2) is 23.5 Å². The number of rotatable bonds is 16. The number of amides is 2. The van der Waals surface area contributed by atoms with Crippen LogP contribution in [0.5, 0.6) is 0 Å². The molecule has 1 aromatic carbocycles. The molecule has 386 valence electrons. The Morgan fingerprint density at radius 2 is 1.60 bits per heavy atom. The van der Waals surface area contributed by atoms with Gasteiger partial charge < -0.3 is 35.7 Å². The van der Waals surface area contributed by atoms with Crippen LogP contribution < -0.4 is 16.4 Å². The highest BCUT2D eigenvalue weighted by Gasteiger charge is 2.76. The Balaban J connectivity index is 0.978. The van der Waals surface area contributed by atoms with Gasteiger partial charge in [-0.25, -0.2) is 4.57 Å². The van der Waals surface area contributed by atoms with Crippen LogP contribution in [0.1, 0.15) is 151 Å². The first kappa shape index (κ1) is 52.7. The molecule has 0 aromatic heterocycles. The molecule has 5 N–H and O–H groups in total. The number of hydrogen-bond donors (Lipinski definition) is 4. The van der Waals surface area contributed by atoms with Crippen LogP contribution >= 0.6 is 7.82 Å². The predicted molar refractivity (Wildman–Crippen MR) is 258 cm³/mol. The van der Waals surface area contributed by atoms with Crippen LogP contribution in [0.4, 0.5) is 0 Å². The van der Waals surface area contributed by atoms with E-state index in [9.17, 15) is 28.8 Å². The molecule has 7 aliphatic carbocycles. The number of carbonyl (C=O) groups is 5. The first-order valence-corrected chi connectivity index (χ1v) is 26.6. The highest BCUT2D eigenvalue weighted by atomic mass is 31.2. The second-order valence-corrected chi connectivity index (χ2v) is 26.5. The molecule has 1 aromatic rings. The standard InChI is InChI=1S/C53H76N3O13P/c1-46(2,3)66-42(61)19-18-37(55-41(60)26-54)44(62)56-52-28-51(29-52,30-52)24-31-12-14-32(15-13-31)45-65-40-23-36-35-17-16-33-22-34(57)20-21-49(33,10)43(35)38(58)25-50(36,11)53(40,67-45)39(59)27-64-70(63,68-47(4,5)6)69-48(7,8)9/h12-15,20-22,35-38,40,43,45,58H,16-19,23-30,54H2,1-11H3,(H,55,60)(H,56,62)/t35-,36-,37-,38-,40+,43+,45+,49-,50-,51?,52?,53+/m0/s1. The Kier molecular flexibility index (Phi) is 13.6. The number of aliphatic hydroxyl groups is 1. The van der Waals surface area contributed by atoms with Gasteiger partial charge in [-0.15, -0.1) is 0 Å². The number of allylic oxidation sites excluding steroid dienone is 4. The largest absolute Gasteiger partial charge is 0.476 e. The molecule has 0 unspecified atom stereocenters. The molecule has 2 bridgehead atoms. The Labute approximate surface area is 412 Å². The summed E-state index contributed by atoms with van der Waals surface area (Å²) in [5.74, 6) is -2.10. The van der Waals surface area contributed by atoms with Crippen molar-refractivity contribution in [1.29, 1.82) is 0 Å². The number of nitrogens with one attached hydrogen (secondary N) is 2. The lowest BCUT2D eigenvalue weighted by molar-refractivity contribution is -0.201. The van der Waals surface area contributed by atoms with E-state index in [-0.39, 0.29) is 66.2 Å². The van der Waals surface area contributed by atoms with Crippen LogP contribution in [0.2, 0.25) is 0 Å². The topological polar surface area (TPSA) is 228 Å². The number of Topliss-reactive ketones (excluding diaryl/α,β-unsaturated/α-hetero) is 1. The lowest BCUT2D eigenvalue weighted by Crippen LogP contribution is -2.76. The Hall–Kier alpha value is -3.60. The molecule has 8 aliphatic rings. The van der Waals surface area contributed by atoms with Gasteiger partial charge in [-0.1, -0.05) is 49.8 Å². The molecule has 1 saturated heterocycles. The Bertz CT molecular complexity index is 2340. The maximum absolute atomic E-state index is 15.2. The molecule has 9 rings (SSSR count). The third kappa shape index (κ3) is 10.1. The van der Waals surface area contributed by atoms with E-state index in [2.05, 4.69) is 17.6 Å². The number of phosphoric acid groups is 1. The zero-order valence-corrected chi connectivity index (χ0v) is 43.8. The minimum atomic E-state index is -4.31. The second-order valence-electron chi connectivity index (χ2n) is 25.0. The van der Waals surface area contributed by atoms with Gasteiger partial charge in [-0.3, -0.25) is 37.5 Å². The monoisotopic (exact) mass is 994 g/mol. The van der Waals surface area contributed by atoms with Crippen LogP contribution in [0, 0.1) is 34.0 Å². The SMILES string of the molecule is CC(C)(C)OC(=O)CC[C@H](NC(=O)CN)C(=O)NC12CC(Cc3ccc([C@@H]4O[C@@H]5C[C@H]6[C@@H]7CCC8=CC(=O)C=C[C@]8(C)[C@H]7[C@@H](O)C[C@]6(C)[C@]5(C(=O)COP(=O)(OC(C)(C)C)OC(C)(C)C)O4)cc3)(C1)C2. The maximum atomic E-state index is 15.2. The number of aliphatic hydroxyl groups excluding tert-OH is 1. The Morgan fingerprint density at radius 3 is 2.20 bits per heavy atom. The van der Waals surface area contributed by atoms with Gasteiger partial charge in [0.1, 0.15) is 18.2 Å². The van der Waals surface area contributed by atoms with Gasteiger partial charge in [-0.2, -0.15) is 0 Å². The molecule has 0 spiro atoms. The second kappa shape index (κ2) is 18.1. The maximum Gasteiger partial charge on any atom is 0.476 e. The lowest BCUT2D eigenvalue weighted by Gasteiger charge is -2.71. The smallest absolute Gasteiger partial charge is 0.460 e. The number of phosphoric ester groups is 1. The molecule has 6 saturated carbocycles. The molecule has 1 heterocycles. The fourth-order valence-electron chi connectivity index (χ4n) is 13.8. The van der Waals surface area contributed by atoms with Gasteiger partial charge in [0.05, 0.1) is 30.0 Å². The van der Waals surface area contributed by atoms with E-state index >= 15 is 4.79 Å². The van der Waals surface area contributed by atoms with Crippen molar-refractivity contribution in [2.45, 2.75) is 193 Å². The quantitative estimate of drug-likeness (QED) is 0.0949. The molecule has 16 nitrogen and oxygen atoms in total. The summed E-state index contributed by atoms with van der Waals surface area (Å²) >= 11 is 0. The normalized spacial score (nSPS) is 35.7. The van der Waals surface area contributed by atoms with Crippen molar-refractivity contribution in [3.63, 3.8) is 0 Å². The van der Waals surface area contributed by atoms with Crippen molar-refractivity contribution in [2.75, 3.05) is 13.2 Å². The van der Waals surface area contributed by atoms with Gasteiger partial charge >= 0.3 is 13.8 Å². The van der Waals surface area contributed by atoms with E-state index in [1.54, 1.807) is 74.5 Å². The van der Waals surface area contributed by atoms with Crippen LogP contribution in [0.15, 0.2) is 48.1 Å². The van der Waals surface area contributed by atoms with E-state index in [1.807, 2.05) is 37.3 Å². The lowest BCUT2D eigenvalue weighted by atomic mass is 9.38. The van der Waals surface area contributed by atoms with Crippen LogP contribution in [-0.4, -0.2) is 93.8 Å². The minimum Gasteiger partial charge on any atom is -0.460 e. The van der Waals surface area contributed by atoms with Gasteiger partial charge in [-0.05, 0) is 155 Å². The molecule has 2 amide bonds. The van der Waals surface area contributed by atoms with Gasteiger partial charge in [0.2, 0.25) is 11.8 Å². The fraction of sp³-hybridized carbons (Fsp3) is 0.717. The average Bonchev–Trinajstić information content (AvgIpc) is 3.71. The number of hydrogen-bond acceptors (Lipinski definition) is 14. The van der Waals surface area contributed by atoms with E-state index in [1.165, 1.54) is 0 Å². The van der Waals surface area contributed by atoms with E-state index in [0.29, 0.717) is 18.4 Å². The highest BCUT2D eigenvalue weighted by Crippen LogP contribution is 2.71. The number of ketones is 2. The Morgan fingerprint density at radius 1 is 0.957 bits per heavy atom. The van der Waals surface area contributed by atoms with Crippen molar-refractivity contribution < 1.29 is 61.4 Å². The molecule has 17 heteroatoms. The predicted octanol–water partition coefficient (Wildman–Crippen LogP) is 7.20. The van der Waals surface area contributed by atoms with Crippen LogP contribution in [0.25, 0.3) is 0 Å². The van der Waals surface area contributed by atoms with Crippen molar-refractivity contribution in [3.05, 3.63) is 59.2 Å². The van der Waals surface area contributed by atoms with Crippen molar-refractivity contribution in [2.24, 2.45) is 39.7 Å². The average molecular weight is 994 g/mol. The van der Waals surface area contributed by atoms with Crippen molar-refractivity contribution in [1.82, 2.24) is 10.6 Å². The molecule has 0 radical (unpaired) electrons. The summed E-state index contributed by atoms with van der Waals surface area (Å²) in [6.45, 7) is 18.9. The molecule has 70 heavy (non-hydrogen) atoms. The molecule has 10 atom stereocenters. The van der Waals surface area contributed by atoms with E-state index < -0.39 is 89.9 Å². The zero-order chi connectivity index (χ0) is 51.3. The summed E-state index contributed by atoms with van der Waals surface area (Å²) in [6, 6.07) is 7.05. The van der Waals surface area contributed by atoms with Crippen LogP contribution in [0.3, 0.4) is 0 Å². The number of carbonyl (C=O) groups excluding carboxylic acids is 5. The number of esters is 1. The van der Waals surface area contributed by atoms with Crippen molar-refractivity contribution >= 4 is 37.2 Å². The van der Waals surface area contributed by atoms with Gasteiger partial charge in [0.25, 0.3) is 0 Å². The van der Waals surface area contributed by atoms with Crippen LogP contribution in [-0.2, 0) is 62.7 Å². The van der Waals surface area contributed by atoms with Gasteiger partial charge in [0, 0.05) is 34.3 Å². The first-order valence-electron chi connectivity index (χ1n) is 25.1. The van der Waals surface area contributed by atoms with E-state index in [4.69, 9.17) is 33.5 Å². The summed E-state index contributed by atoms with van der Waals surface area (Å²) < 4.78 is 51.4. The molecule has 7 fully saturated rings. The summed E-state index contributed by atoms with van der Waals surface area (Å²) in [5.41, 5.74) is 2.41. The molecular weight excluding hydrogens is 918 g/mol. The number of fused-ring (bicyclic) bond motifs is 7. The fourth-order valence-corrected chi connectivity index (χ4v) is 15.5. The number of benzene rings is 1. The third-order valence-electron chi connectivity index (χ3n) is 16.0. The first-order chi connectivity index (χ1) is 32.3. The third-order valence-corrected chi connectivity index (χ3v) is 18.0. The summed E-state index contributed by atoms with van der Waals surface area (Å²) in [6.07, 6.45) is 8.07. The number of ether oxygens (including phenoxy) is 3. The summed E-state index contributed by atoms with van der Waals surface area (Å²) in [7, 11) is -4.31.